The summed E-state index contributed by atoms with van der Waals surface area (Å²) in [4.78, 5) is 16.1. The van der Waals surface area contributed by atoms with Gasteiger partial charge in [0.2, 0.25) is 5.91 Å². The third kappa shape index (κ3) is 2.67. The van der Waals surface area contributed by atoms with Gasteiger partial charge in [0.1, 0.15) is 5.75 Å². The molecule has 3 rings (SSSR count). The second kappa shape index (κ2) is 5.69. The topological polar surface area (TPSA) is 76.2 Å². The van der Waals surface area contributed by atoms with Crippen LogP contribution in [0.5, 0.6) is 5.75 Å². The smallest absolute Gasteiger partial charge is 0.249 e. The van der Waals surface area contributed by atoms with Crippen LogP contribution in [0.2, 0.25) is 0 Å². The maximum atomic E-state index is 11.8. The van der Waals surface area contributed by atoms with E-state index in [4.69, 9.17) is 5.73 Å². The molecule has 3 N–H and O–H groups in total. The molecule has 1 aromatic heterocycles. The van der Waals surface area contributed by atoms with Gasteiger partial charge < -0.3 is 10.8 Å². The number of carbonyl (C=O) groups excluding carboxylic acids is 1. The highest BCUT2D eigenvalue weighted by atomic mass is 16.3. The number of nitrogens with two attached hydrogens (primary N) is 1. The zero-order valence-electron chi connectivity index (χ0n) is 11.7. The lowest BCUT2D eigenvalue weighted by Gasteiger charge is -2.06. The van der Waals surface area contributed by atoms with Crippen molar-refractivity contribution >= 4 is 28.5 Å². The van der Waals surface area contributed by atoms with Gasteiger partial charge in [-0.25, -0.2) is 0 Å². The van der Waals surface area contributed by atoms with Crippen molar-refractivity contribution in [2.24, 2.45) is 5.73 Å². The van der Waals surface area contributed by atoms with E-state index in [0.717, 1.165) is 16.5 Å². The molecule has 0 radical (unpaired) electrons. The molecular formula is C18H14N2O2. The van der Waals surface area contributed by atoms with E-state index in [1.165, 1.54) is 12.1 Å². The molecule has 0 unspecified atom stereocenters. The summed E-state index contributed by atoms with van der Waals surface area (Å²) < 4.78 is 0. The number of carbonyl (C=O) groups is 1. The molecule has 1 heterocycles. The fraction of sp³-hybridized carbons (Fsp3) is 0. The molecule has 22 heavy (non-hydrogen) atoms. The molecule has 0 saturated heterocycles. The number of aromatic nitrogens is 1. The third-order valence-electron chi connectivity index (χ3n) is 3.43. The molecule has 4 heteroatoms. The maximum absolute atomic E-state index is 11.8. The largest absolute Gasteiger partial charge is 0.508 e. The monoisotopic (exact) mass is 290 g/mol. The van der Waals surface area contributed by atoms with Crippen LogP contribution in [-0.2, 0) is 4.79 Å². The number of para-hydroxylation sites is 1. The van der Waals surface area contributed by atoms with Crippen molar-refractivity contribution in [3.63, 3.8) is 0 Å². The van der Waals surface area contributed by atoms with E-state index < -0.39 is 5.91 Å². The van der Waals surface area contributed by atoms with E-state index in [1.807, 2.05) is 30.3 Å². The zero-order valence-corrected chi connectivity index (χ0v) is 11.7. The summed E-state index contributed by atoms with van der Waals surface area (Å²) in [5.41, 5.74) is 8.28. The zero-order chi connectivity index (χ0) is 15.5. The number of hydrogen-bond acceptors (Lipinski definition) is 3. The van der Waals surface area contributed by atoms with Crippen molar-refractivity contribution in [2.75, 3.05) is 0 Å². The number of fused-ring (bicyclic) bond motifs is 1. The number of phenolic OH excluding ortho intramolecular Hbond substituents is 1. The van der Waals surface area contributed by atoms with Crippen LogP contribution in [0, 0.1) is 0 Å². The molecule has 0 fully saturated rings. The summed E-state index contributed by atoms with van der Waals surface area (Å²) >= 11 is 0. The Morgan fingerprint density at radius 3 is 2.50 bits per heavy atom. The molecule has 108 valence electrons. The van der Waals surface area contributed by atoms with Gasteiger partial charge in [0.15, 0.2) is 0 Å². The average Bonchev–Trinajstić information content (AvgIpc) is 2.53. The Bertz CT molecular complexity index is 862. The molecule has 0 spiro atoms. The normalized spacial score (nSPS) is 11.5. The Balaban J connectivity index is 2.17. The van der Waals surface area contributed by atoms with Crippen molar-refractivity contribution in [1.82, 2.24) is 4.98 Å². The first-order valence-corrected chi connectivity index (χ1v) is 6.80. The molecule has 0 bridgehead atoms. The lowest BCUT2D eigenvalue weighted by molar-refractivity contribution is -0.112. The second-order valence-corrected chi connectivity index (χ2v) is 4.89. The Morgan fingerprint density at radius 2 is 1.77 bits per heavy atom. The molecule has 0 atom stereocenters. The summed E-state index contributed by atoms with van der Waals surface area (Å²) in [6.07, 6.45) is 3.45. The lowest BCUT2D eigenvalue weighted by Crippen LogP contribution is -2.12. The highest BCUT2D eigenvalue weighted by Crippen LogP contribution is 2.24. The fourth-order valence-corrected chi connectivity index (χ4v) is 2.34. The van der Waals surface area contributed by atoms with Crippen molar-refractivity contribution in [3.8, 4) is 5.75 Å². The minimum atomic E-state index is -0.522. The minimum absolute atomic E-state index is 0.141. The van der Waals surface area contributed by atoms with E-state index in [0.29, 0.717) is 11.1 Å². The van der Waals surface area contributed by atoms with Crippen LogP contribution in [0.1, 0.15) is 11.1 Å². The van der Waals surface area contributed by atoms with Crippen LogP contribution >= 0.6 is 0 Å². The maximum Gasteiger partial charge on any atom is 0.249 e. The van der Waals surface area contributed by atoms with Crippen LogP contribution in [0.25, 0.3) is 22.6 Å². The predicted molar refractivity (Wildman–Crippen MR) is 86.9 cm³/mol. The number of aromatic hydroxyl groups is 1. The van der Waals surface area contributed by atoms with E-state index >= 15 is 0 Å². The van der Waals surface area contributed by atoms with Gasteiger partial charge in [0.05, 0.1) is 5.52 Å². The van der Waals surface area contributed by atoms with E-state index in [9.17, 15) is 9.90 Å². The fourth-order valence-electron chi connectivity index (χ4n) is 2.34. The molecule has 3 aromatic rings. The van der Waals surface area contributed by atoms with Gasteiger partial charge in [-0.3, -0.25) is 9.78 Å². The standard InChI is InChI=1S/C18H14N2O2/c19-18(22)16(12-5-7-14(21)8-6-12)11-13-9-10-20-17-4-2-1-3-15(13)17/h1-11,21H,(H2,19,22)/b16-11-. The number of benzene rings is 2. The highest BCUT2D eigenvalue weighted by molar-refractivity contribution is 6.24. The van der Waals surface area contributed by atoms with E-state index in [2.05, 4.69) is 4.98 Å². The van der Waals surface area contributed by atoms with Crippen molar-refractivity contribution in [2.45, 2.75) is 0 Å². The quantitative estimate of drug-likeness (QED) is 0.728. The van der Waals surface area contributed by atoms with Crippen LogP contribution in [-0.4, -0.2) is 16.0 Å². The van der Waals surface area contributed by atoms with Gasteiger partial charge >= 0.3 is 0 Å². The summed E-state index contributed by atoms with van der Waals surface area (Å²) in [7, 11) is 0. The van der Waals surface area contributed by atoms with Crippen LogP contribution < -0.4 is 5.73 Å². The molecule has 1 amide bonds. The number of pyridine rings is 1. The first-order chi connectivity index (χ1) is 10.6. The number of primary amides is 1. The minimum Gasteiger partial charge on any atom is -0.508 e. The molecular weight excluding hydrogens is 276 g/mol. The SMILES string of the molecule is NC(=O)/C(=C\c1ccnc2ccccc12)c1ccc(O)cc1. The number of rotatable bonds is 3. The van der Waals surface area contributed by atoms with Gasteiger partial charge in [-0.2, -0.15) is 0 Å². The van der Waals surface area contributed by atoms with E-state index in [1.54, 1.807) is 24.4 Å². The van der Waals surface area contributed by atoms with Crippen LogP contribution in [0.4, 0.5) is 0 Å². The summed E-state index contributed by atoms with van der Waals surface area (Å²) in [5.74, 6) is -0.381. The molecule has 0 aliphatic carbocycles. The van der Waals surface area contributed by atoms with E-state index in [-0.39, 0.29) is 5.75 Å². The molecule has 0 aliphatic rings. The van der Waals surface area contributed by atoms with Crippen molar-refractivity contribution < 1.29 is 9.90 Å². The van der Waals surface area contributed by atoms with Crippen LogP contribution in [0.3, 0.4) is 0 Å². The number of nitrogens with zero attached hydrogens (tertiary/aromatic N) is 1. The predicted octanol–water partition coefficient (Wildman–Crippen LogP) is 2.97. The Labute approximate surface area is 127 Å². The second-order valence-electron chi connectivity index (χ2n) is 4.89. The summed E-state index contributed by atoms with van der Waals surface area (Å²) in [5, 5.41) is 10.3. The third-order valence-corrected chi connectivity index (χ3v) is 3.43. The van der Waals surface area contributed by atoms with Crippen molar-refractivity contribution in [3.05, 3.63) is 71.9 Å². The average molecular weight is 290 g/mol. The Morgan fingerprint density at radius 1 is 1.05 bits per heavy atom. The summed E-state index contributed by atoms with van der Waals surface area (Å²) in [6, 6.07) is 15.9. The van der Waals surface area contributed by atoms with Gasteiger partial charge in [0.25, 0.3) is 0 Å². The Kier molecular flexibility index (Phi) is 3.58. The van der Waals surface area contributed by atoms with Gasteiger partial charge in [-0.05, 0) is 41.5 Å². The summed E-state index contributed by atoms with van der Waals surface area (Å²) in [6.45, 7) is 0. The highest BCUT2D eigenvalue weighted by Gasteiger charge is 2.10. The Hall–Kier alpha value is -3.14. The molecule has 0 aliphatic heterocycles. The number of amides is 1. The van der Waals surface area contributed by atoms with Crippen molar-refractivity contribution in [1.29, 1.82) is 0 Å². The van der Waals surface area contributed by atoms with Gasteiger partial charge in [-0.15, -0.1) is 0 Å². The van der Waals surface area contributed by atoms with Crippen LogP contribution in [0.15, 0.2) is 60.8 Å². The molecule has 4 nitrogen and oxygen atoms in total. The van der Waals surface area contributed by atoms with Gasteiger partial charge in [-0.1, -0.05) is 30.3 Å². The number of hydrogen-bond donors (Lipinski definition) is 2. The first kappa shape index (κ1) is 13.8. The molecule has 0 saturated carbocycles. The van der Waals surface area contributed by atoms with Gasteiger partial charge in [0, 0.05) is 17.2 Å². The first-order valence-electron chi connectivity index (χ1n) is 6.80. The lowest BCUT2D eigenvalue weighted by atomic mass is 10.0. The molecule has 2 aromatic carbocycles. The number of phenols is 1.